The number of para-hydroxylation sites is 2. The van der Waals surface area contributed by atoms with Crippen LogP contribution in [-0.2, 0) is 4.79 Å². The van der Waals surface area contributed by atoms with E-state index < -0.39 is 0 Å². The fraction of sp³-hybridized carbons (Fsp3) is 0.588. The number of nitrogens with zero attached hydrogens (tertiary/aromatic N) is 1. The lowest BCUT2D eigenvalue weighted by atomic mass is 10.2. The van der Waals surface area contributed by atoms with Crippen molar-refractivity contribution in [2.24, 2.45) is 0 Å². The van der Waals surface area contributed by atoms with E-state index in [0.717, 1.165) is 30.9 Å². The van der Waals surface area contributed by atoms with Gasteiger partial charge in [0.05, 0.1) is 11.8 Å². The van der Waals surface area contributed by atoms with E-state index >= 15 is 0 Å². The summed E-state index contributed by atoms with van der Waals surface area (Å²) in [7, 11) is 4.06. The highest BCUT2D eigenvalue weighted by atomic mass is 16.5. The van der Waals surface area contributed by atoms with Crippen LogP contribution in [0.4, 0.5) is 5.69 Å². The second-order valence-electron chi connectivity index (χ2n) is 5.85. The van der Waals surface area contributed by atoms with Crippen molar-refractivity contribution >= 4 is 11.6 Å². The SMILES string of the molecule is CC(C)Oc1ccccc1NCCC(=O)NCCCN(C)C. The molecule has 0 radical (unpaired) electrons. The highest BCUT2D eigenvalue weighted by Crippen LogP contribution is 2.24. The molecular weight excluding hydrogens is 278 g/mol. The molecule has 1 aromatic carbocycles. The molecule has 1 aromatic rings. The van der Waals surface area contributed by atoms with Crippen LogP contribution in [0.3, 0.4) is 0 Å². The minimum Gasteiger partial charge on any atom is -0.489 e. The summed E-state index contributed by atoms with van der Waals surface area (Å²) < 4.78 is 5.74. The van der Waals surface area contributed by atoms with Crippen LogP contribution in [0.2, 0.25) is 0 Å². The number of carbonyl (C=O) groups is 1. The van der Waals surface area contributed by atoms with Crippen LogP contribution >= 0.6 is 0 Å². The summed E-state index contributed by atoms with van der Waals surface area (Å²) in [4.78, 5) is 13.9. The van der Waals surface area contributed by atoms with Crippen LogP contribution in [-0.4, -0.2) is 50.6 Å². The van der Waals surface area contributed by atoms with Gasteiger partial charge in [-0.1, -0.05) is 12.1 Å². The van der Waals surface area contributed by atoms with E-state index in [0.29, 0.717) is 13.0 Å². The van der Waals surface area contributed by atoms with Gasteiger partial charge in [0.2, 0.25) is 5.91 Å². The maximum atomic E-state index is 11.7. The number of ether oxygens (including phenoxy) is 1. The fourth-order valence-electron chi connectivity index (χ4n) is 1.99. The van der Waals surface area contributed by atoms with Gasteiger partial charge in [-0.2, -0.15) is 0 Å². The Balaban J connectivity index is 2.27. The Kier molecular flexibility index (Phi) is 8.36. The van der Waals surface area contributed by atoms with Gasteiger partial charge >= 0.3 is 0 Å². The average Bonchev–Trinajstić information content (AvgIpc) is 2.45. The predicted octanol–water partition coefficient (Wildman–Crippen LogP) is 2.34. The molecule has 5 heteroatoms. The predicted molar refractivity (Wildman–Crippen MR) is 91.5 cm³/mol. The van der Waals surface area contributed by atoms with Crippen molar-refractivity contribution in [2.75, 3.05) is 39.0 Å². The van der Waals surface area contributed by atoms with Gasteiger partial charge in [0.1, 0.15) is 5.75 Å². The summed E-state index contributed by atoms with van der Waals surface area (Å²) in [6.07, 6.45) is 1.55. The van der Waals surface area contributed by atoms with Gasteiger partial charge in [0.15, 0.2) is 0 Å². The third kappa shape index (κ3) is 7.88. The van der Waals surface area contributed by atoms with Crippen LogP contribution < -0.4 is 15.4 Å². The molecule has 1 rings (SSSR count). The van der Waals surface area contributed by atoms with Crippen molar-refractivity contribution < 1.29 is 9.53 Å². The lowest BCUT2D eigenvalue weighted by Gasteiger charge is -2.15. The summed E-state index contributed by atoms with van der Waals surface area (Å²) >= 11 is 0. The molecule has 0 aliphatic heterocycles. The van der Waals surface area contributed by atoms with Crippen LogP contribution in [0, 0.1) is 0 Å². The maximum absolute atomic E-state index is 11.7. The van der Waals surface area contributed by atoms with Gasteiger partial charge < -0.3 is 20.3 Å². The first-order valence-electron chi connectivity index (χ1n) is 7.90. The van der Waals surface area contributed by atoms with E-state index in [1.807, 2.05) is 52.2 Å². The lowest BCUT2D eigenvalue weighted by molar-refractivity contribution is -0.120. The summed E-state index contributed by atoms with van der Waals surface area (Å²) in [5, 5.41) is 6.20. The molecule has 124 valence electrons. The summed E-state index contributed by atoms with van der Waals surface area (Å²) in [6.45, 7) is 6.30. The van der Waals surface area contributed by atoms with E-state index in [2.05, 4.69) is 15.5 Å². The van der Waals surface area contributed by atoms with Crippen LogP contribution in [0.5, 0.6) is 5.75 Å². The van der Waals surface area contributed by atoms with Crippen LogP contribution in [0.1, 0.15) is 26.7 Å². The first-order valence-corrected chi connectivity index (χ1v) is 7.90. The summed E-state index contributed by atoms with van der Waals surface area (Å²) in [5.41, 5.74) is 0.927. The Bertz CT molecular complexity index is 447. The minimum atomic E-state index is 0.0773. The molecule has 0 aliphatic rings. The van der Waals surface area contributed by atoms with Crippen molar-refractivity contribution in [3.05, 3.63) is 24.3 Å². The van der Waals surface area contributed by atoms with E-state index in [9.17, 15) is 4.79 Å². The van der Waals surface area contributed by atoms with Gasteiger partial charge in [-0.3, -0.25) is 4.79 Å². The molecule has 1 amide bonds. The number of nitrogens with one attached hydrogen (secondary N) is 2. The quantitative estimate of drug-likeness (QED) is 0.652. The zero-order chi connectivity index (χ0) is 16.4. The molecule has 0 bridgehead atoms. The van der Waals surface area contributed by atoms with Crippen LogP contribution in [0.15, 0.2) is 24.3 Å². The highest BCUT2D eigenvalue weighted by Gasteiger charge is 2.05. The average molecular weight is 307 g/mol. The number of amides is 1. The molecule has 0 aromatic heterocycles. The molecule has 5 nitrogen and oxygen atoms in total. The van der Waals surface area contributed by atoms with E-state index in [4.69, 9.17) is 4.74 Å². The number of hydrogen-bond acceptors (Lipinski definition) is 4. The summed E-state index contributed by atoms with van der Waals surface area (Å²) in [6, 6.07) is 7.80. The van der Waals surface area contributed by atoms with Crippen molar-refractivity contribution in [1.82, 2.24) is 10.2 Å². The van der Waals surface area contributed by atoms with E-state index in [1.165, 1.54) is 0 Å². The Hall–Kier alpha value is -1.75. The third-order valence-corrected chi connectivity index (χ3v) is 3.02. The number of hydrogen-bond donors (Lipinski definition) is 2. The molecule has 0 heterocycles. The number of carbonyl (C=O) groups excluding carboxylic acids is 1. The first kappa shape index (κ1) is 18.3. The minimum absolute atomic E-state index is 0.0773. The molecule has 0 saturated carbocycles. The van der Waals surface area contributed by atoms with Gasteiger partial charge in [0, 0.05) is 19.5 Å². The second-order valence-corrected chi connectivity index (χ2v) is 5.85. The Labute approximate surface area is 134 Å². The van der Waals surface area contributed by atoms with Crippen molar-refractivity contribution in [1.29, 1.82) is 0 Å². The molecule has 0 fully saturated rings. The molecule has 0 atom stereocenters. The normalized spacial score (nSPS) is 10.8. The third-order valence-electron chi connectivity index (χ3n) is 3.02. The fourth-order valence-corrected chi connectivity index (χ4v) is 1.99. The Morgan fingerprint density at radius 2 is 1.95 bits per heavy atom. The maximum Gasteiger partial charge on any atom is 0.221 e. The number of anilines is 1. The molecule has 0 spiro atoms. The van der Waals surface area contributed by atoms with Gasteiger partial charge in [-0.15, -0.1) is 0 Å². The molecule has 2 N–H and O–H groups in total. The monoisotopic (exact) mass is 307 g/mol. The van der Waals surface area contributed by atoms with Gasteiger partial charge in [0.25, 0.3) is 0 Å². The van der Waals surface area contributed by atoms with Crippen molar-refractivity contribution in [2.45, 2.75) is 32.8 Å². The standard InChI is InChI=1S/C17H29N3O2/c1-14(2)22-16-9-6-5-8-15(16)18-12-10-17(21)19-11-7-13-20(3)4/h5-6,8-9,14,18H,7,10-13H2,1-4H3,(H,19,21). The van der Waals surface area contributed by atoms with E-state index in [1.54, 1.807) is 0 Å². The zero-order valence-electron chi connectivity index (χ0n) is 14.2. The summed E-state index contributed by atoms with van der Waals surface area (Å²) in [5.74, 6) is 0.900. The Morgan fingerprint density at radius 3 is 2.64 bits per heavy atom. The Morgan fingerprint density at radius 1 is 1.23 bits per heavy atom. The molecule has 0 unspecified atom stereocenters. The second kappa shape index (κ2) is 10.1. The largest absolute Gasteiger partial charge is 0.489 e. The molecule has 0 saturated heterocycles. The number of rotatable bonds is 10. The molecule has 22 heavy (non-hydrogen) atoms. The van der Waals surface area contributed by atoms with Crippen molar-refractivity contribution in [3.63, 3.8) is 0 Å². The van der Waals surface area contributed by atoms with Crippen LogP contribution in [0.25, 0.3) is 0 Å². The molecule has 0 aliphatic carbocycles. The van der Waals surface area contributed by atoms with Gasteiger partial charge in [-0.25, -0.2) is 0 Å². The van der Waals surface area contributed by atoms with Crippen molar-refractivity contribution in [3.8, 4) is 5.75 Å². The topological polar surface area (TPSA) is 53.6 Å². The highest BCUT2D eigenvalue weighted by molar-refractivity contribution is 5.76. The van der Waals surface area contributed by atoms with E-state index in [-0.39, 0.29) is 12.0 Å². The van der Waals surface area contributed by atoms with Gasteiger partial charge in [-0.05, 0) is 53.0 Å². The first-order chi connectivity index (χ1) is 10.5. The zero-order valence-corrected chi connectivity index (χ0v) is 14.2. The smallest absolute Gasteiger partial charge is 0.221 e. The molecular formula is C17H29N3O2. The lowest BCUT2D eigenvalue weighted by Crippen LogP contribution is -2.28. The number of benzene rings is 1.